The smallest absolute Gasteiger partial charge is 0.242 e. The first-order chi connectivity index (χ1) is 16.6. The average molecular weight is 551 g/mol. The molecule has 11 heteroatoms. The van der Waals surface area contributed by atoms with E-state index in [2.05, 4.69) is 14.9 Å². The van der Waals surface area contributed by atoms with E-state index in [0.29, 0.717) is 16.7 Å². The monoisotopic (exact) mass is 550 g/mol. The Morgan fingerprint density at radius 1 is 1.03 bits per heavy atom. The lowest BCUT2D eigenvalue weighted by molar-refractivity contribution is 0.556. The Kier molecular flexibility index (Phi) is 7.83. The van der Waals surface area contributed by atoms with E-state index in [1.54, 1.807) is 23.6 Å². The van der Waals surface area contributed by atoms with Gasteiger partial charge in [-0.3, -0.25) is 4.57 Å². The summed E-state index contributed by atoms with van der Waals surface area (Å²) >= 11 is 13.5. The number of nitrogens with zero attached hydrogens (tertiary/aromatic N) is 3. The van der Waals surface area contributed by atoms with Gasteiger partial charge in [-0.1, -0.05) is 64.8 Å². The molecule has 1 aromatic heterocycles. The van der Waals surface area contributed by atoms with Crippen molar-refractivity contribution in [2.24, 2.45) is 0 Å². The maximum atomic E-state index is 13.3. The first-order valence-electron chi connectivity index (χ1n) is 10.5. The van der Waals surface area contributed by atoms with Crippen molar-refractivity contribution < 1.29 is 12.8 Å². The SMILES string of the molecule is Cc1ccc(-n2c(SCc3ccc(F)cc3)nnc2C(C)NS(=O)(=O)c2cc(Cl)ccc2Cl)cc1. The zero-order valence-electron chi connectivity index (χ0n) is 18.7. The minimum absolute atomic E-state index is 0.0599. The molecule has 0 fully saturated rings. The molecule has 1 unspecified atom stereocenters. The Morgan fingerprint density at radius 3 is 2.40 bits per heavy atom. The second kappa shape index (κ2) is 10.7. The number of nitrogens with one attached hydrogen (secondary N) is 1. The molecule has 4 aromatic rings. The van der Waals surface area contributed by atoms with Crippen molar-refractivity contribution >= 4 is 45.0 Å². The third kappa shape index (κ3) is 6.05. The van der Waals surface area contributed by atoms with Crippen LogP contribution in [0.15, 0.2) is 76.8 Å². The fraction of sp³-hybridized carbons (Fsp3) is 0.167. The van der Waals surface area contributed by atoms with E-state index in [1.807, 2.05) is 31.2 Å². The summed E-state index contributed by atoms with van der Waals surface area (Å²) in [6.07, 6.45) is 0. The summed E-state index contributed by atoms with van der Waals surface area (Å²) in [5.41, 5.74) is 2.78. The van der Waals surface area contributed by atoms with Crippen LogP contribution in [-0.2, 0) is 15.8 Å². The fourth-order valence-corrected chi connectivity index (χ4v) is 6.23. The Morgan fingerprint density at radius 2 is 1.71 bits per heavy atom. The van der Waals surface area contributed by atoms with Crippen LogP contribution < -0.4 is 4.72 Å². The second-order valence-electron chi connectivity index (χ2n) is 7.84. The first-order valence-corrected chi connectivity index (χ1v) is 13.7. The Hall–Kier alpha value is -2.43. The van der Waals surface area contributed by atoms with Crippen LogP contribution >= 0.6 is 35.0 Å². The normalized spacial score (nSPS) is 12.6. The highest BCUT2D eigenvalue weighted by Gasteiger charge is 2.26. The standard InChI is InChI=1S/C24H21Cl2FN4O2S2/c1-15-3-10-20(11-4-15)31-23(28-29-24(31)34-14-17-5-8-19(27)9-6-17)16(2)30-35(32,33)22-13-18(25)7-12-21(22)26/h3-13,16,30H,14H2,1-2H3. The lowest BCUT2D eigenvalue weighted by atomic mass is 10.2. The van der Waals surface area contributed by atoms with Crippen molar-refractivity contribution in [2.75, 3.05) is 0 Å². The van der Waals surface area contributed by atoms with Gasteiger partial charge in [-0.2, -0.15) is 0 Å². The number of aryl methyl sites for hydroxylation is 1. The summed E-state index contributed by atoms with van der Waals surface area (Å²) in [5, 5.41) is 9.51. The number of thioether (sulfide) groups is 1. The predicted octanol–water partition coefficient (Wildman–Crippen LogP) is 6.35. The van der Waals surface area contributed by atoms with Crippen LogP contribution in [0.5, 0.6) is 0 Å². The molecule has 182 valence electrons. The number of hydrogen-bond acceptors (Lipinski definition) is 5. The Balaban J connectivity index is 1.67. The van der Waals surface area contributed by atoms with Gasteiger partial charge in [0.2, 0.25) is 10.0 Å². The molecule has 0 bridgehead atoms. The second-order valence-corrected chi connectivity index (χ2v) is 11.3. The van der Waals surface area contributed by atoms with Gasteiger partial charge in [-0.05, 0) is 61.9 Å². The van der Waals surface area contributed by atoms with E-state index < -0.39 is 16.1 Å². The quantitative estimate of drug-likeness (QED) is 0.258. The summed E-state index contributed by atoms with van der Waals surface area (Å²) in [5.74, 6) is 0.629. The highest BCUT2D eigenvalue weighted by Crippen LogP contribution is 2.30. The number of hydrogen-bond donors (Lipinski definition) is 1. The van der Waals surface area contributed by atoms with Gasteiger partial charge in [0.05, 0.1) is 11.1 Å². The fourth-order valence-electron chi connectivity index (χ4n) is 3.35. The van der Waals surface area contributed by atoms with Gasteiger partial charge in [0.15, 0.2) is 11.0 Å². The molecule has 3 aromatic carbocycles. The summed E-state index contributed by atoms with van der Waals surface area (Å²) in [6, 6.07) is 17.5. The summed E-state index contributed by atoms with van der Waals surface area (Å²) in [6.45, 7) is 3.66. The van der Waals surface area contributed by atoms with E-state index >= 15 is 0 Å². The molecule has 1 N–H and O–H groups in total. The van der Waals surface area contributed by atoms with Gasteiger partial charge in [0.25, 0.3) is 0 Å². The lowest BCUT2D eigenvalue weighted by Gasteiger charge is -2.17. The van der Waals surface area contributed by atoms with Crippen molar-refractivity contribution in [3.8, 4) is 5.69 Å². The van der Waals surface area contributed by atoms with Crippen LogP contribution in [0, 0.1) is 12.7 Å². The van der Waals surface area contributed by atoms with E-state index in [-0.39, 0.29) is 20.8 Å². The van der Waals surface area contributed by atoms with Crippen LogP contribution in [0.3, 0.4) is 0 Å². The van der Waals surface area contributed by atoms with Gasteiger partial charge < -0.3 is 0 Å². The molecule has 0 radical (unpaired) electrons. The maximum Gasteiger partial charge on any atom is 0.242 e. The number of halogens is 3. The van der Waals surface area contributed by atoms with Crippen LogP contribution in [-0.4, -0.2) is 23.2 Å². The topological polar surface area (TPSA) is 76.9 Å². The van der Waals surface area contributed by atoms with Crippen molar-refractivity contribution in [1.29, 1.82) is 0 Å². The van der Waals surface area contributed by atoms with Crippen molar-refractivity contribution in [2.45, 2.75) is 35.7 Å². The first kappa shape index (κ1) is 25.7. The molecule has 0 amide bonds. The zero-order valence-corrected chi connectivity index (χ0v) is 21.9. The van der Waals surface area contributed by atoms with Gasteiger partial charge >= 0.3 is 0 Å². The van der Waals surface area contributed by atoms with Crippen LogP contribution in [0.25, 0.3) is 5.69 Å². The molecule has 35 heavy (non-hydrogen) atoms. The van der Waals surface area contributed by atoms with Gasteiger partial charge in [-0.15, -0.1) is 10.2 Å². The molecule has 0 aliphatic carbocycles. The van der Waals surface area contributed by atoms with Crippen LogP contribution in [0.1, 0.15) is 29.9 Å². The van der Waals surface area contributed by atoms with Crippen molar-refractivity contribution in [3.05, 3.63) is 99.5 Å². The number of aromatic nitrogens is 3. The Labute approximate surface area is 217 Å². The molecule has 0 spiro atoms. The maximum absolute atomic E-state index is 13.3. The third-order valence-electron chi connectivity index (χ3n) is 5.13. The molecular formula is C24H21Cl2FN4O2S2. The number of benzene rings is 3. The highest BCUT2D eigenvalue weighted by molar-refractivity contribution is 7.98. The van der Waals surface area contributed by atoms with E-state index in [0.717, 1.165) is 16.8 Å². The Bertz CT molecular complexity index is 1440. The van der Waals surface area contributed by atoms with Gasteiger partial charge in [0.1, 0.15) is 10.7 Å². The van der Waals surface area contributed by atoms with Crippen molar-refractivity contribution in [3.63, 3.8) is 0 Å². The number of rotatable bonds is 8. The predicted molar refractivity (Wildman–Crippen MR) is 137 cm³/mol. The van der Waals surface area contributed by atoms with E-state index in [9.17, 15) is 12.8 Å². The number of sulfonamides is 1. The molecule has 1 atom stereocenters. The van der Waals surface area contributed by atoms with Gasteiger partial charge in [0, 0.05) is 16.5 Å². The zero-order chi connectivity index (χ0) is 25.2. The van der Waals surface area contributed by atoms with Gasteiger partial charge in [-0.25, -0.2) is 17.5 Å². The molecule has 0 aliphatic rings. The van der Waals surface area contributed by atoms with Crippen LogP contribution in [0.4, 0.5) is 4.39 Å². The summed E-state index contributed by atoms with van der Waals surface area (Å²) < 4.78 is 43.9. The van der Waals surface area contributed by atoms with Crippen LogP contribution in [0.2, 0.25) is 10.0 Å². The largest absolute Gasteiger partial charge is 0.273 e. The van der Waals surface area contributed by atoms with Crippen molar-refractivity contribution in [1.82, 2.24) is 19.5 Å². The minimum Gasteiger partial charge on any atom is -0.273 e. The molecular weight excluding hydrogens is 530 g/mol. The molecule has 1 heterocycles. The molecule has 0 saturated carbocycles. The molecule has 0 saturated heterocycles. The average Bonchev–Trinajstić information content (AvgIpc) is 3.24. The molecule has 4 rings (SSSR count). The highest BCUT2D eigenvalue weighted by atomic mass is 35.5. The lowest BCUT2D eigenvalue weighted by Crippen LogP contribution is -2.29. The third-order valence-corrected chi connectivity index (χ3v) is 8.39. The van der Waals surface area contributed by atoms with E-state index in [1.165, 1.54) is 42.1 Å². The summed E-state index contributed by atoms with van der Waals surface area (Å²) in [7, 11) is -4.01. The van der Waals surface area contributed by atoms with E-state index in [4.69, 9.17) is 23.2 Å². The minimum atomic E-state index is -4.01. The molecule has 0 aliphatic heterocycles. The summed E-state index contributed by atoms with van der Waals surface area (Å²) in [4.78, 5) is -0.120. The molecule has 6 nitrogen and oxygen atoms in total.